The van der Waals surface area contributed by atoms with Gasteiger partial charge < -0.3 is 25.8 Å². The van der Waals surface area contributed by atoms with E-state index < -0.39 is 24.0 Å². The summed E-state index contributed by atoms with van der Waals surface area (Å²) in [6.45, 7) is 0.379. The number of pyridine rings is 1. The normalized spacial score (nSPS) is 15.6. The monoisotopic (exact) mass is 416 g/mol. The van der Waals surface area contributed by atoms with Crippen LogP contribution in [0.5, 0.6) is 0 Å². The SMILES string of the molecule is N=CN(CCNC(N)=O)c1ccc(-c2ccc(N3CC(CO)OC3=O)cc2F)cn1. The van der Waals surface area contributed by atoms with E-state index >= 15 is 0 Å². The van der Waals surface area contributed by atoms with Gasteiger partial charge in [-0.25, -0.2) is 19.0 Å². The molecule has 0 saturated carbocycles. The molecule has 11 heteroatoms. The molecule has 3 amide bonds. The van der Waals surface area contributed by atoms with Gasteiger partial charge in [0.1, 0.15) is 17.7 Å². The van der Waals surface area contributed by atoms with Gasteiger partial charge in [-0.2, -0.15) is 0 Å². The molecule has 1 fully saturated rings. The van der Waals surface area contributed by atoms with Crippen LogP contribution in [0.2, 0.25) is 0 Å². The standard InChI is InChI=1S/C19H21FN6O4/c20-16-7-13(26-9-14(10-27)30-19(26)29)2-3-15(16)12-1-4-17(24-8-12)25(11-21)6-5-23-18(22)28/h1-4,7-8,11,14,21,27H,5-6,9-10H2,(H3,22,23,28). The molecule has 1 aliphatic heterocycles. The lowest BCUT2D eigenvalue weighted by atomic mass is 10.1. The van der Waals surface area contributed by atoms with Gasteiger partial charge in [-0.05, 0) is 30.3 Å². The Morgan fingerprint density at radius 2 is 2.27 bits per heavy atom. The third-order valence-electron chi connectivity index (χ3n) is 4.50. The molecule has 0 aliphatic carbocycles. The molecule has 1 aromatic heterocycles. The molecule has 1 aromatic carbocycles. The van der Waals surface area contributed by atoms with Gasteiger partial charge in [0.15, 0.2) is 0 Å². The number of amides is 3. The molecule has 0 radical (unpaired) electrons. The summed E-state index contributed by atoms with van der Waals surface area (Å²) >= 11 is 0. The Kier molecular flexibility index (Phi) is 6.42. The summed E-state index contributed by atoms with van der Waals surface area (Å²) < 4.78 is 19.7. The lowest BCUT2D eigenvalue weighted by molar-refractivity contribution is 0.0963. The molecule has 1 atom stereocenters. The Morgan fingerprint density at radius 3 is 2.83 bits per heavy atom. The van der Waals surface area contributed by atoms with Crippen molar-refractivity contribution in [3.63, 3.8) is 0 Å². The number of primary amides is 1. The van der Waals surface area contributed by atoms with Crippen molar-refractivity contribution in [3.05, 3.63) is 42.3 Å². The maximum Gasteiger partial charge on any atom is 0.414 e. The summed E-state index contributed by atoms with van der Waals surface area (Å²) in [7, 11) is 0. The minimum Gasteiger partial charge on any atom is -0.441 e. The number of aliphatic hydroxyl groups is 1. The van der Waals surface area contributed by atoms with Crippen molar-refractivity contribution in [2.24, 2.45) is 5.73 Å². The molecule has 1 saturated heterocycles. The van der Waals surface area contributed by atoms with Crippen LogP contribution in [0.1, 0.15) is 0 Å². The van der Waals surface area contributed by atoms with Gasteiger partial charge in [-0.1, -0.05) is 0 Å². The zero-order valence-corrected chi connectivity index (χ0v) is 15.9. The molecule has 10 nitrogen and oxygen atoms in total. The number of nitrogens with two attached hydrogens (primary N) is 1. The van der Waals surface area contributed by atoms with E-state index in [0.29, 0.717) is 29.2 Å². The third kappa shape index (κ3) is 4.63. The fourth-order valence-corrected chi connectivity index (χ4v) is 2.99. The highest BCUT2D eigenvalue weighted by Crippen LogP contribution is 2.29. The van der Waals surface area contributed by atoms with Crippen LogP contribution in [0, 0.1) is 11.2 Å². The van der Waals surface area contributed by atoms with E-state index in [1.54, 1.807) is 18.2 Å². The summed E-state index contributed by atoms with van der Waals surface area (Å²) in [5, 5.41) is 19.0. The second-order valence-corrected chi connectivity index (χ2v) is 6.48. The quantitative estimate of drug-likeness (QED) is 0.377. The average molecular weight is 416 g/mol. The van der Waals surface area contributed by atoms with Crippen molar-refractivity contribution in [1.82, 2.24) is 10.3 Å². The van der Waals surface area contributed by atoms with E-state index in [-0.39, 0.29) is 19.7 Å². The summed E-state index contributed by atoms with van der Waals surface area (Å²) in [4.78, 5) is 29.6. The first-order valence-electron chi connectivity index (χ1n) is 9.08. The number of nitrogens with one attached hydrogen (secondary N) is 2. The molecule has 158 valence electrons. The fraction of sp³-hybridized carbons (Fsp3) is 0.263. The van der Waals surface area contributed by atoms with Crippen LogP contribution in [0.15, 0.2) is 36.5 Å². The Balaban J connectivity index is 1.74. The number of ether oxygens (including phenoxy) is 1. The zero-order chi connectivity index (χ0) is 21.7. The Morgan fingerprint density at radius 1 is 1.47 bits per heavy atom. The number of carbonyl (C=O) groups is 2. The minimum atomic E-state index is -0.656. The summed E-state index contributed by atoms with van der Waals surface area (Å²) in [6.07, 6.45) is 1.27. The van der Waals surface area contributed by atoms with Crippen LogP contribution in [0.4, 0.5) is 25.5 Å². The number of urea groups is 1. The first-order chi connectivity index (χ1) is 14.4. The topological polar surface area (TPSA) is 145 Å². The number of aliphatic hydroxyl groups excluding tert-OH is 1. The summed E-state index contributed by atoms with van der Waals surface area (Å²) in [6, 6.07) is 6.98. The molecule has 1 unspecified atom stereocenters. The Hall–Kier alpha value is -3.73. The number of benzene rings is 1. The molecule has 30 heavy (non-hydrogen) atoms. The highest BCUT2D eigenvalue weighted by Gasteiger charge is 2.32. The first kappa shape index (κ1) is 21.0. The van der Waals surface area contributed by atoms with Crippen molar-refractivity contribution in [2.75, 3.05) is 36.0 Å². The molecule has 2 aromatic rings. The van der Waals surface area contributed by atoms with E-state index in [9.17, 15) is 14.0 Å². The van der Waals surface area contributed by atoms with Gasteiger partial charge in [-0.3, -0.25) is 10.3 Å². The predicted octanol–water partition coefficient (Wildman–Crippen LogP) is 1.29. The maximum atomic E-state index is 14.7. The lowest BCUT2D eigenvalue weighted by Gasteiger charge is -2.18. The number of hydrogen-bond acceptors (Lipinski definition) is 6. The second kappa shape index (κ2) is 9.18. The van der Waals surface area contributed by atoms with Crippen molar-refractivity contribution >= 4 is 30.0 Å². The van der Waals surface area contributed by atoms with Crippen LogP contribution < -0.4 is 20.9 Å². The zero-order valence-electron chi connectivity index (χ0n) is 15.9. The maximum absolute atomic E-state index is 14.7. The van der Waals surface area contributed by atoms with Crippen molar-refractivity contribution in [1.29, 1.82) is 5.41 Å². The van der Waals surface area contributed by atoms with E-state index in [1.165, 1.54) is 28.1 Å². The Bertz CT molecular complexity index is 939. The van der Waals surface area contributed by atoms with Gasteiger partial charge in [0.05, 0.1) is 25.2 Å². The summed E-state index contributed by atoms with van der Waals surface area (Å²) in [5.74, 6) is -0.0937. The van der Waals surface area contributed by atoms with Crippen LogP contribution >= 0.6 is 0 Å². The molecule has 3 rings (SSSR count). The van der Waals surface area contributed by atoms with E-state index in [2.05, 4.69) is 10.3 Å². The van der Waals surface area contributed by atoms with Gasteiger partial charge in [-0.15, -0.1) is 0 Å². The second-order valence-electron chi connectivity index (χ2n) is 6.48. The number of hydrogen-bond donors (Lipinski definition) is 4. The number of anilines is 2. The number of rotatable bonds is 8. The minimum absolute atomic E-state index is 0.147. The van der Waals surface area contributed by atoms with Crippen LogP contribution in [0.3, 0.4) is 0 Å². The molecule has 0 bridgehead atoms. The molecule has 1 aliphatic rings. The van der Waals surface area contributed by atoms with E-state index in [0.717, 1.165) is 6.34 Å². The van der Waals surface area contributed by atoms with Gasteiger partial charge in [0, 0.05) is 30.4 Å². The van der Waals surface area contributed by atoms with Crippen LogP contribution in [-0.4, -0.2) is 60.9 Å². The van der Waals surface area contributed by atoms with E-state index in [1.807, 2.05) is 0 Å². The number of nitrogens with zero attached hydrogens (tertiary/aromatic N) is 3. The number of cyclic esters (lactones) is 1. The van der Waals surface area contributed by atoms with Crippen molar-refractivity contribution < 1.29 is 23.8 Å². The number of halogens is 1. The predicted molar refractivity (Wildman–Crippen MR) is 108 cm³/mol. The van der Waals surface area contributed by atoms with Gasteiger partial charge in [0.2, 0.25) is 0 Å². The van der Waals surface area contributed by atoms with Crippen molar-refractivity contribution in [2.45, 2.75) is 6.10 Å². The largest absolute Gasteiger partial charge is 0.441 e. The first-order valence-corrected chi connectivity index (χ1v) is 9.08. The molecule has 2 heterocycles. The third-order valence-corrected chi connectivity index (χ3v) is 4.50. The number of carbonyl (C=O) groups excluding carboxylic acids is 2. The average Bonchev–Trinajstić information content (AvgIpc) is 3.12. The number of aromatic nitrogens is 1. The smallest absolute Gasteiger partial charge is 0.414 e. The lowest BCUT2D eigenvalue weighted by Crippen LogP contribution is -2.37. The molecular weight excluding hydrogens is 395 g/mol. The fourth-order valence-electron chi connectivity index (χ4n) is 2.99. The Labute approximate surface area is 171 Å². The van der Waals surface area contributed by atoms with Gasteiger partial charge in [0.25, 0.3) is 0 Å². The van der Waals surface area contributed by atoms with Crippen LogP contribution in [-0.2, 0) is 4.74 Å². The van der Waals surface area contributed by atoms with E-state index in [4.69, 9.17) is 21.0 Å². The highest BCUT2D eigenvalue weighted by atomic mass is 19.1. The highest BCUT2D eigenvalue weighted by molar-refractivity contribution is 5.90. The van der Waals surface area contributed by atoms with Crippen LogP contribution in [0.25, 0.3) is 11.1 Å². The van der Waals surface area contributed by atoms with Gasteiger partial charge >= 0.3 is 12.1 Å². The molecule has 0 spiro atoms. The van der Waals surface area contributed by atoms with Crippen molar-refractivity contribution in [3.8, 4) is 11.1 Å². The molecular formula is C19H21FN6O4. The molecule has 5 N–H and O–H groups in total. The summed E-state index contributed by atoms with van der Waals surface area (Å²) in [5.41, 5.74) is 6.15.